The van der Waals surface area contributed by atoms with Crippen LogP contribution in [0, 0.1) is 6.92 Å². The molecular formula is C16H16ClN3O. The van der Waals surface area contributed by atoms with E-state index in [-0.39, 0.29) is 6.04 Å². The monoisotopic (exact) mass is 301 g/mol. The molecule has 0 radical (unpaired) electrons. The summed E-state index contributed by atoms with van der Waals surface area (Å²) in [5, 5.41) is 4.94. The summed E-state index contributed by atoms with van der Waals surface area (Å²) in [6, 6.07) is 7.51. The van der Waals surface area contributed by atoms with Gasteiger partial charge in [-0.3, -0.25) is 0 Å². The topological polar surface area (TPSA) is 51.0 Å². The zero-order chi connectivity index (χ0) is 14.8. The average molecular weight is 302 g/mol. The van der Waals surface area contributed by atoms with E-state index in [9.17, 15) is 0 Å². The van der Waals surface area contributed by atoms with Crippen molar-refractivity contribution in [1.82, 2.24) is 15.3 Å². The first-order valence-corrected chi connectivity index (χ1v) is 7.26. The standard InChI is InChI=1S/C16H16ClN3O/c1-3-18-14(16-19-8-10(2)9-20-16)13-7-11-5-4-6-12(17)15(11)21-13/h4-9,14,18H,3H2,1-2H3. The quantitative estimate of drug-likeness (QED) is 0.794. The molecule has 2 aromatic heterocycles. The van der Waals surface area contributed by atoms with Crippen LogP contribution in [0.15, 0.2) is 41.1 Å². The normalized spacial score (nSPS) is 12.7. The largest absolute Gasteiger partial charge is 0.457 e. The van der Waals surface area contributed by atoms with Crippen LogP contribution in [0.5, 0.6) is 0 Å². The van der Waals surface area contributed by atoms with Gasteiger partial charge < -0.3 is 9.73 Å². The molecule has 0 saturated carbocycles. The Morgan fingerprint density at radius 1 is 1.29 bits per heavy atom. The Labute approximate surface area is 128 Å². The first-order chi connectivity index (χ1) is 10.2. The van der Waals surface area contributed by atoms with Crippen LogP contribution in [0.1, 0.15) is 30.1 Å². The van der Waals surface area contributed by atoms with Crippen LogP contribution in [0.2, 0.25) is 5.02 Å². The molecule has 1 N–H and O–H groups in total. The molecule has 5 heteroatoms. The number of nitrogens with zero attached hydrogens (tertiary/aromatic N) is 2. The van der Waals surface area contributed by atoms with Crippen molar-refractivity contribution in [2.75, 3.05) is 6.54 Å². The van der Waals surface area contributed by atoms with Gasteiger partial charge >= 0.3 is 0 Å². The lowest BCUT2D eigenvalue weighted by Crippen LogP contribution is -2.23. The van der Waals surface area contributed by atoms with Crippen LogP contribution in [0.25, 0.3) is 11.0 Å². The number of para-hydroxylation sites is 1. The van der Waals surface area contributed by atoms with Gasteiger partial charge in [-0.2, -0.15) is 0 Å². The van der Waals surface area contributed by atoms with E-state index in [1.54, 1.807) is 0 Å². The molecule has 1 atom stereocenters. The van der Waals surface area contributed by atoms with Gasteiger partial charge in [-0.25, -0.2) is 9.97 Å². The highest BCUT2D eigenvalue weighted by Crippen LogP contribution is 2.30. The van der Waals surface area contributed by atoms with Gasteiger partial charge in [-0.15, -0.1) is 0 Å². The van der Waals surface area contributed by atoms with Crippen molar-refractivity contribution in [3.63, 3.8) is 0 Å². The van der Waals surface area contributed by atoms with Crippen molar-refractivity contribution in [3.05, 3.63) is 58.8 Å². The molecule has 1 aromatic carbocycles. The SMILES string of the molecule is CCNC(c1ncc(C)cn1)c1cc2cccc(Cl)c2o1. The van der Waals surface area contributed by atoms with Gasteiger partial charge in [0.2, 0.25) is 0 Å². The molecule has 0 fully saturated rings. The summed E-state index contributed by atoms with van der Waals surface area (Å²) in [6.07, 6.45) is 3.62. The molecule has 4 nitrogen and oxygen atoms in total. The maximum atomic E-state index is 6.17. The predicted octanol–water partition coefficient (Wildman–Crippen LogP) is 3.88. The van der Waals surface area contributed by atoms with Gasteiger partial charge in [0.1, 0.15) is 11.8 Å². The van der Waals surface area contributed by atoms with Crippen LogP contribution < -0.4 is 5.32 Å². The van der Waals surface area contributed by atoms with E-state index < -0.39 is 0 Å². The number of hydrogen-bond donors (Lipinski definition) is 1. The lowest BCUT2D eigenvalue weighted by molar-refractivity contribution is 0.464. The zero-order valence-corrected chi connectivity index (χ0v) is 12.7. The molecule has 108 valence electrons. The molecule has 1 unspecified atom stereocenters. The highest BCUT2D eigenvalue weighted by Gasteiger charge is 2.20. The Balaban J connectivity index is 2.06. The summed E-state index contributed by atoms with van der Waals surface area (Å²) in [5.41, 5.74) is 1.73. The molecule has 3 rings (SSSR count). The molecule has 0 aliphatic heterocycles. The van der Waals surface area contributed by atoms with Crippen molar-refractivity contribution in [3.8, 4) is 0 Å². The number of aromatic nitrogens is 2. The summed E-state index contributed by atoms with van der Waals surface area (Å²) in [5.74, 6) is 1.46. The van der Waals surface area contributed by atoms with Gasteiger partial charge in [0.25, 0.3) is 0 Å². The Bertz CT molecular complexity index is 752. The maximum absolute atomic E-state index is 6.17. The van der Waals surface area contributed by atoms with Gasteiger partial charge in [-0.1, -0.05) is 30.7 Å². The van der Waals surface area contributed by atoms with Gasteiger partial charge in [0.05, 0.1) is 5.02 Å². The molecule has 0 saturated heterocycles. The fraction of sp³-hybridized carbons (Fsp3) is 0.250. The second-order valence-corrected chi connectivity index (χ2v) is 5.32. The number of furan rings is 1. The highest BCUT2D eigenvalue weighted by molar-refractivity contribution is 6.34. The van der Waals surface area contributed by atoms with Crippen LogP contribution in [-0.4, -0.2) is 16.5 Å². The van der Waals surface area contributed by atoms with Gasteiger partial charge in [0, 0.05) is 17.8 Å². The first kappa shape index (κ1) is 14.0. The molecule has 0 bridgehead atoms. The molecule has 2 heterocycles. The second kappa shape index (κ2) is 5.84. The summed E-state index contributed by atoms with van der Waals surface area (Å²) in [7, 11) is 0. The van der Waals surface area contributed by atoms with E-state index in [0.717, 1.165) is 23.3 Å². The van der Waals surface area contributed by atoms with E-state index in [1.165, 1.54) is 0 Å². The number of aryl methyl sites for hydroxylation is 1. The van der Waals surface area contributed by atoms with Crippen LogP contribution >= 0.6 is 11.6 Å². The number of nitrogens with one attached hydrogen (secondary N) is 1. The van der Waals surface area contributed by atoms with E-state index in [0.29, 0.717) is 16.4 Å². The minimum Gasteiger partial charge on any atom is -0.457 e. The first-order valence-electron chi connectivity index (χ1n) is 6.89. The molecule has 0 aliphatic carbocycles. The van der Waals surface area contributed by atoms with Crippen molar-refractivity contribution >= 4 is 22.6 Å². The summed E-state index contributed by atoms with van der Waals surface area (Å²) in [6.45, 7) is 4.79. The Kier molecular flexibility index (Phi) is 3.90. The third-order valence-electron chi connectivity index (χ3n) is 3.27. The van der Waals surface area contributed by atoms with Crippen LogP contribution in [0.4, 0.5) is 0 Å². The van der Waals surface area contributed by atoms with Crippen molar-refractivity contribution in [2.45, 2.75) is 19.9 Å². The zero-order valence-electron chi connectivity index (χ0n) is 11.9. The predicted molar refractivity (Wildman–Crippen MR) is 83.5 cm³/mol. The summed E-state index contributed by atoms with van der Waals surface area (Å²) >= 11 is 6.17. The summed E-state index contributed by atoms with van der Waals surface area (Å²) in [4.78, 5) is 8.80. The molecule has 0 aliphatic rings. The number of halogens is 1. The molecule has 21 heavy (non-hydrogen) atoms. The number of rotatable bonds is 4. The van der Waals surface area contributed by atoms with Crippen molar-refractivity contribution in [1.29, 1.82) is 0 Å². The molecule has 0 amide bonds. The fourth-order valence-electron chi connectivity index (χ4n) is 2.26. The highest BCUT2D eigenvalue weighted by atomic mass is 35.5. The maximum Gasteiger partial charge on any atom is 0.152 e. The third kappa shape index (κ3) is 2.77. The van der Waals surface area contributed by atoms with Crippen LogP contribution in [-0.2, 0) is 0 Å². The minimum absolute atomic E-state index is 0.181. The molecule has 0 spiro atoms. The number of hydrogen-bond acceptors (Lipinski definition) is 4. The second-order valence-electron chi connectivity index (χ2n) is 4.92. The smallest absolute Gasteiger partial charge is 0.152 e. The Morgan fingerprint density at radius 3 is 2.71 bits per heavy atom. The van der Waals surface area contributed by atoms with Crippen LogP contribution in [0.3, 0.4) is 0 Å². The van der Waals surface area contributed by atoms with Gasteiger partial charge in [-0.05, 0) is 31.2 Å². The Morgan fingerprint density at radius 2 is 2.05 bits per heavy atom. The minimum atomic E-state index is -0.181. The van der Waals surface area contributed by atoms with E-state index in [2.05, 4.69) is 15.3 Å². The number of benzene rings is 1. The van der Waals surface area contributed by atoms with Gasteiger partial charge in [0.15, 0.2) is 11.4 Å². The molecule has 3 aromatic rings. The van der Waals surface area contributed by atoms with E-state index in [4.69, 9.17) is 16.0 Å². The molecular weight excluding hydrogens is 286 g/mol. The summed E-state index contributed by atoms with van der Waals surface area (Å²) < 4.78 is 5.92. The third-order valence-corrected chi connectivity index (χ3v) is 3.56. The fourth-order valence-corrected chi connectivity index (χ4v) is 2.49. The van der Waals surface area contributed by atoms with E-state index >= 15 is 0 Å². The average Bonchev–Trinajstić information content (AvgIpc) is 2.91. The lowest BCUT2D eigenvalue weighted by atomic mass is 10.1. The van der Waals surface area contributed by atoms with E-state index in [1.807, 2.05) is 50.5 Å². The van der Waals surface area contributed by atoms with Crippen molar-refractivity contribution in [2.24, 2.45) is 0 Å². The van der Waals surface area contributed by atoms with Crippen molar-refractivity contribution < 1.29 is 4.42 Å². The lowest BCUT2D eigenvalue weighted by Gasteiger charge is -2.13. The Hall–Kier alpha value is -1.91. The number of fused-ring (bicyclic) bond motifs is 1.